The molecule has 0 aromatic carbocycles. The van der Waals surface area contributed by atoms with Crippen LogP contribution in [-0.2, 0) is 4.79 Å². The molecular weight excluding hydrogens is 258 g/mol. The molecule has 1 atom stereocenters. The molecule has 1 heterocycles. The molecule has 6 nitrogen and oxygen atoms in total. The van der Waals surface area contributed by atoms with Crippen LogP contribution in [0.4, 0.5) is 4.79 Å². The summed E-state index contributed by atoms with van der Waals surface area (Å²) in [6.45, 7) is 4.54. The fourth-order valence-corrected chi connectivity index (χ4v) is 2.41. The van der Waals surface area contributed by atoms with Crippen molar-refractivity contribution in [1.82, 2.24) is 15.1 Å². The second kappa shape index (κ2) is 8.09. The third-order valence-corrected chi connectivity index (χ3v) is 4.01. The standard InChI is InChI=1S/C14H27N3O3/c1-11(4-5-13(18)19)10-15-14(20)17(3)12-6-8-16(2)9-7-12/h11-12H,4-10H2,1-3H3,(H,15,20)(H,18,19). The SMILES string of the molecule is CC(CCC(=O)O)CNC(=O)N(C)C1CCN(C)CC1. The van der Waals surface area contributed by atoms with Gasteiger partial charge in [0, 0.05) is 26.1 Å². The number of carboxylic acids is 1. The van der Waals surface area contributed by atoms with Gasteiger partial charge in [0.1, 0.15) is 0 Å². The molecule has 1 aliphatic rings. The summed E-state index contributed by atoms with van der Waals surface area (Å²) in [6.07, 6.45) is 2.76. The van der Waals surface area contributed by atoms with E-state index in [4.69, 9.17) is 5.11 Å². The first kappa shape index (κ1) is 16.8. The largest absolute Gasteiger partial charge is 0.481 e. The first-order chi connectivity index (χ1) is 9.40. The van der Waals surface area contributed by atoms with E-state index >= 15 is 0 Å². The highest BCUT2D eigenvalue weighted by atomic mass is 16.4. The van der Waals surface area contributed by atoms with E-state index in [1.54, 1.807) is 4.90 Å². The number of urea groups is 1. The second-order valence-electron chi connectivity index (χ2n) is 5.87. The van der Waals surface area contributed by atoms with Crippen LogP contribution < -0.4 is 5.32 Å². The molecule has 2 amide bonds. The summed E-state index contributed by atoms with van der Waals surface area (Å²) >= 11 is 0. The normalized spacial score (nSPS) is 18.6. The van der Waals surface area contributed by atoms with Gasteiger partial charge in [0.25, 0.3) is 0 Å². The Morgan fingerprint density at radius 3 is 2.55 bits per heavy atom. The first-order valence-electron chi connectivity index (χ1n) is 7.31. The molecule has 2 N–H and O–H groups in total. The van der Waals surface area contributed by atoms with Crippen molar-refractivity contribution in [1.29, 1.82) is 0 Å². The lowest BCUT2D eigenvalue weighted by Crippen LogP contribution is -2.48. The van der Waals surface area contributed by atoms with Gasteiger partial charge in [-0.15, -0.1) is 0 Å². The monoisotopic (exact) mass is 285 g/mol. The Balaban J connectivity index is 2.25. The topological polar surface area (TPSA) is 72.9 Å². The number of amides is 2. The molecule has 0 aromatic rings. The van der Waals surface area contributed by atoms with Gasteiger partial charge in [-0.2, -0.15) is 0 Å². The first-order valence-corrected chi connectivity index (χ1v) is 7.31. The number of carboxylic acid groups (broad SMARTS) is 1. The van der Waals surface area contributed by atoms with Crippen LogP contribution in [-0.4, -0.2) is 66.7 Å². The second-order valence-corrected chi connectivity index (χ2v) is 5.87. The van der Waals surface area contributed by atoms with Crippen molar-refractivity contribution in [3.8, 4) is 0 Å². The van der Waals surface area contributed by atoms with E-state index < -0.39 is 5.97 Å². The predicted molar refractivity (Wildman–Crippen MR) is 77.7 cm³/mol. The molecule has 0 saturated carbocycles. The van der Waals surface area contributed by atoms with Gasteiger partial charge in [0.05, 0.1) is 0 Å². The van der Waals surface area contributed by atoms with Crippen molar-refractivity contribution in [3.63, 3.8) is 0 Å². The van der Waals surface area contributed by atoms with Crippen LogP contribution in [0.1, 0.15) is 32.6 Å². The maximum Gasteiger partial charge on any atom is 0.317 e. The maximum absolute atomic E-state index is 12.1. The van der Waals surface area contributed by atoms with Crippen LogP contribution in [0.2, 0.25) is 0 Å². The van der Waals surface area contributed by atoms with Gasteiger partial charge in [-0.3, -0.25) is 4.79 Å². The number of piperidine rings is 1. The predicted octanol–water partition coefficient (Wildman–Crippen LogP) is 1.22. The number of hydrogen-bond donors (Lipinski definition) is 2. The molecule has 116 valence electrons. The van der Waals surface area contributed by atoms with Gasteiger partial charge in [0.2, 0.25) is 0 Å². The Bertz CT molecular complexity index is 328. The number of likely N-dealkylation sites (tertiary alicyclic amines) is 1. The lowest BCUT2D eigenvalue weighted by molar-refractivity contribution is -0.137. The van der Waals surface area contributed by atoms with Crippen molar-refractivity contribution < 1.29 is 14.7 Å². The van der Waals surface area contributed by atoms with Crippen LogP contribution in [0.25, 0.3) is 0 Å². The Morgan fingerprint density at radius 1 is 1.40 bits per heavy atom. The molecule has 0 aliphatic carbocycles. The molecule has 0 radical (unpaired) electrons. The minimum absolute atomic E-state index is 0.0540. The zero-order valence-electron chi connectivity index (χ0n) is 12.8. The molecule has 20 heavy (non-hydrogen) atoms. The van der Waals surface area contributed by atoms with Crippen LogP contribution in [0.15, 0.2) is 0 Å². The molecule has 0 aromatic heterocycles. The summed E-state index contributed by atoms with van der Waals surface area (Å²) in [7, 11) is 3.94. The lowest BCUT2D eigenvalue weighted by Gasteiger charge is -2.35. The zero-order valence-corrected chi connectivity index (χ0v) is 12.8. The summed E-state index contributed by atoms with van der Waals surface area (Å²) in [5, 5.41) is 11.5. The Hall–Kier alpha value is -1.30. The van der Waals surface area contributed by atoms with Gasteiger partial charge in [-0.25, -0.2) is 4.79 Å². The van der Waals surface area contributed by atoms with E-state index in [-0.39, 0.29) is 18.4 Å². The fraction of sp³-hybridized carbons (Fsp3) is 0.857. The highest BCUT2D eigenvalue weighted by Gasteiger charge is 2.23. The Kier molecular flexibility index (Phi) is 6.78. The molecule has 0 bridgehead atoms. The van der Waals surface area contributed by atoms with Crippen LogP contribution in [0.3, 0.4) is 0 Å². The summed E-state index contributed by atoms with van der Waals surface area (Å²) in [5.41, 5.74) is 0. The average molecular weight is 285 g/mol. The third-order valence-electron chi connectivity index (χ3n) is 4.01. The quantitative estimate of drug-likeness (QED) is 0.769. The van der Waals surface area contributed by atoms with Crippen LogP contribution in [0.5, 0.6) is 0 Å². The van der Waals surface area contributed by atoms with Gasteiger partial charge >= 0.3 is 12.0 Å². The highest BCUT2D eigenvalue weighted by molar-refractivity contribution is 5.74. The Labute approximate surface area is 121 Å². The molecular formula is C14H27N3O3. The number of carbonyl (C=O) groups is 2. The summed E-state index contributed by atoms with van der Waals surface area (Å²) in [5.74, 6) is -0.604. The van der Waals surface area contributed by atoms with E-state index in [1.807, 2.05) is 14.0 Å². The van der Waals surface area contributed by atoms with E-state index in [9.17, 15) is 9.59 Å². The number of aliphatic carboxylic acids is 1. The van der Waals surface area contributed by atoms with E-state index in [2.05, 4.69) is 17.3 Å². The van der Waals surface area contributed by atoms with E-state index in [1.165, 1.54) is 0 Å². The Morgan fingerprint density at radius 2 is 2.00 bits per heavy atom. The number of nitrogens with one attached hydrogen (secondary N) is 1. The van der Waals surface area contributed by atoms with Crippen LogP contribution in [0, 0.1) is 5.92 Å². The van der Waals surface area contributed by atoms with Gasteiger partial charge in [-0.05, 0) is 45.3 Å². The molecule has 1 fully saturated rings. The van der Waals surface area contributed by atoms with E-state index in [0.717, 1.165) is 25.9 Å². The van der Waals surface area contributed by atoms with E-state index in [0.29, 0.717) is 19.0 Å². The molecule has 6 heteroatoms. The fourth-order valence-electron chi connectivity index (χ4n) is 2.41. The minimum Gasteiger partial charge on any atom is -0.481 e. The van der Waals surface area contributed by atoms with Crippen LogP contribution >= 0.6 is 0 Å². The van der Waals surface area contributed by atoms with Crippen molar-refractivity contribution in [2.45, 2.75) is 38.6 Å². The summed E-state index contributed by atoms with van der Waals surface area (Å²) in [6, 6.07) is 0.252. The molecule has 1 unspecified atom stereocenters. The molecule has 1 saturated heterocycles. The van der Waals surface area contributed by atoms with Gasteiger partial charge < -0.3 is 20.2 Å². The van der Waals surface area contributed by atoms with Gasteiger partial charge in [0.15, 0.2) is 0 Å². The number of rotatable bonds is 6. The molecule has 1 aliphatic heterocycles. The highest BCUT2D eigenvalue weighted by Crippen LogP contribution is 2.14. The molecule has 0 spiro atoms. The summed E-state index contributed by atoms with van der Waals surface area (Å²) < 4.78 is 0. The molecule has 1 rings (SSSR count). The van der Waals surface area contributed by atoms with Crippen molar-refractivity contribution in [2.24, 2.45) is 5.92 Å². The van der Waals surface area contributed by atoms with Crippen molar-refractivity contribution >= 4 is 12.0 Å². The number of carbonyl (C=O) groups excluding carboxylic acids is 1. The maximum atomic E-state index is 12.1. The van der Waals surface area contributed by atoms with Crippen molar-refractivity contribution in [2.75, 3.05) is 33.7 Å². The minimum atomic E-state index is -0.786. The van der Waals surface area contributed by atoms with Gasteiger partial charge in [-0.1, -0.05) is 6.92 Å². The third kappa shape index (κ3) is 5.77. The number of nitrogens with zero attached hydrogens (tertiary/aromatic N) is 2. The smallest absolute Gasteiger partial charge is 0.317 e. The summed E-state index contributed by atoms with van der Waals surface area (Å²) in [4.78, 5) is 26.6. The average Bonchev–Trinajstić information content (AvgIpc) is 2.42. The lowest BCUT2D eigenvalue weighted by atomic mass is 10.0. The van der Waals surface area contributed by atoms with Crippen molar-refractivity contribution in [3.05, 3.63) is 0 Å². The zero-order chi connectivity index (χ0) is 15.1. The number of hydrogen-bond acceptors (Lipinski definition) is 3.